The van der Waals surface area contributed by atoms with Crippen LogP contribution in [0.25, 0.3) is 0 Å². The van der Waals surface area contributed by atoms with Crippen LogP contribution in [0.4, 0.5) is 0 Å². The molecule has 126 valence electrons. The monoisotopic (exact) mass is 324 g/mol. The molecule has 0 aliphatic rings. The van der Waals surface area contributed by atoms with Crippen molar-refractivity contribution in [2.75, 3.05) is 32.8 Å². The van der Waals surface area contributed by atoms with E-state index < -0.39 is 8.56 Å². The summed E-state index contributed by atoms with van der Waals surface area (Å²) in [5.74, 6) is 0. The van der Waals surface area contributed by atoms with Crippen molar-refractivity contribution in [2.24, 2.45) is 0 Å². The standard InChI is InChI=1S/C17H32N2O2Si/c1-4-20-22(3,21-5-2)15-9-12-18-13-14-19-16-17-10-7-6-8-11-17/h6-8,10-11,18-19H,4-5,9,12-16H2,1-3H3. The lowest BCUT2D eigenvalue weighted by Gasteiger charge is -2.25. The predicted molar refractivity (Wildman–Crippen MR) is 95.3 cm³/mol. The topological polar surface area (TPSA) is 42.5 Å². The van der Waals surface area contributed by atoms with Crippen molar-refractivity contribution in [1.82, 2.24) is 10.6 Å². The molecule has 0 aromatic heterocycles. The minimum absolute atomic E-state index is 0.750. The number of hydrogen-bond acceptors (Lipinski definition) is 4. The molecule has 0 radical (unpaired) electrons. The van der Waals surface area contributed by atoms with Gasteiger partial charge in [0.1, 0.15) is 0 Å². The van der Waals surface area contributed by atoms with Gasteiger partial charge in [-0.3, -0.25) is 0 Å². The molecule has 1 rings (SSSR count). The quantitative estimate of drug-likeness (QED) is 0.432. The highest BCUT2D eigenvalue weighted by Gasteiger charge is 2.29. The summed E-state index contributed by atoms with van der Waals surface area (Å²) in [6.45, 7) is 11.7. The van der Waals surface area contributed by atoms with E-state index in [-0.39, 0.29) is 0 Å². The summed E-state index contributed by atoms with van der Waals surface area (Å²) in [5, 5.41) is 6.92. The molecule has 1 aromatic carbocycles. The summed E-state index contributed by atoms with van der Waals surface area (Å²) in [6.07, 6.45) is 1.11. The zero-order valence-electron chi connectivity index (χ0n) is 14.4. The van der Waals surface area contributed by atoms with Crippen LogP contribution in [0.5, 0.6) is 0 Å². The van der Waals surface area contributed by atoms with Crippen molar-refractivity contribution >= 4 is 8.56 Å². The van der Waals surface area contributed by atoms with Crippen LogP contribution in [-0.4, -0.2) is 41.4 Å². The molecule has 4 nitrogen and oxygen atoms in total. The van der Waals surface area contributed by atoms with Gasteiger partial charge >= 0.3 is 8.56 Å². The lowest BCUT2D eigenvalue weighted by Crippen LogP contribution is -2.39. The Morgan fingerprint density at radius 2 is 1.55 bits per heavy atom. The van der Waals surface area contributed by atoms with E-state index in [1.807, 2.05) is 19.9 Å². The fourth-order valence-electron chi connectivity index (χ4n) is 2.46. The van der Waals surface area contributed by atoms with Gasteiger partial charge in [0.15, 0.2) is 0 Å². The summed E-state index contributed by atoms with van der Waals surface area (Å²) in [7, 11) is -1.92. The van der Waals surface area contributed by atoms with Gasteiger partial charge in [0.25, 0.3) is 0 Å². The number of hydrogen-bond donors (Lipinski definition) is 2. The van der Waals surface area contributed by atoms with Gasteiger partial charge in [-0.05, 0) is 45.0 Å². The fourth-order valence-corrected chi connectivity index (χ4v) is 4.87. The molecule has 22 heavy (non-hydrogen) atoms. The molecular weight excluding hydrogens is 292 g/mol. The number of benzene rings is 1. The number of rotatable bonds is 13. The van der Waals surface area contributed by atoms with Crippen LogP contribution in [-0.2, 0) is 15.4 Å². The Bertz CT molecular complexity index is 370. The molecule has 2 N–H and O–H groups in total. The second-order valence-electron chi connectivity index (χ2n) is 5.52. The molecule has 5 heteroatoms. The van der Waals surface area contributed by atoms with E-state index in [0.717, 1.165) is 51.9 Å². The average molecular weight is 325 g/mol. The second kappa shape index (κ2) is 11.8. The Kier molecular flexibility index (Phi) is 10.4. The van der Waals surface area contributed by atoms with Gasteiger partial charge in [-0.1, -0.05) is 30.3 Å². The molecule has 0 fully saturated rings. The molecule has 0 aliphatic carbocycles. The van der Waals surface area contributed by atoms with Crippen LogP contribution in [0.2, 0.25) is 12.6 Å². The van der Waals surface area contributed by atoms with Crippen molar-refractivity contribution in [3.8, 4) is 0 Å². The van der Waals surface area contributed by atoms with Crippen LogP contribution in [0, 0.1) is 0 Å². The summed E-state index contributed by atoms with van der Waals surface area (Å²) in [5.41, 5.74) is 1.33. The fraction of sp³-hybridized carbons (Fsp3) is 0.647. The molecule has 0 atom stereocenters. The molecule has 1 aromatic rings. The molecule has 0 saturated carbocycles. The summed E-state index contributed by atoms with van der Waals surface area (Å²) < 4.78 is 11.7. The first-order valence-electron chi connectivity index (χ1n) is 8.43. The van der Waals surface area contributed by atoms with Crippen LogP contribution in [0.15, 0.2) is 30.3 Å². The summed E-state index contributed by atoms with van der Waals surface area (Å²) >= 11 is 0. The van der Waals surface area contributed by atoms with Gasteiger partial charge in [0, 0.05) is 32.8 Å². The first kappa shape index (κ1) is 19.3. The van der Waals surface area contributed by atoms with E-state index in [4.69, 9.17) is 8.85 Å². The zero-order chi connectivity index (χ0) is 16.1. The molecule has 0 bridgehead atoms. The Morgan fingerprint density at radius 1 is 0.909 bits per heavy atom. The Labute approximate surface area is 136 Å². The smallest absolute Gasteiger partial charge is 0.334 e. The summed E-state index contributed by atoms with van der Waals surface area (Å²) in [6, 6.07) is 11.5. The largest absolute Gasteiger partial charge is 0.395 e. The van der Waals surface area contributed by atoms with E-state index in [2.05, 4.69) is 41.4 Å². The van der Waals surface area contributed by atoms with Crippen molar-refractivity contribution in [2.45, 2.75) is 39.4 Å². The van der Waals surface area contributed by atoms with Crippen molar-refractivity contribution in [3.05, 3.63) is 35.9 Å². The van der Waals surface area contributed by atoms with Crippen molar-refractivity contribution < 1.29 is 8.85 Å². The zero-order valence-corrected chi connectivity index (χ0v) is 15.4. The molecule has 0 unspecified atom stereocenters. The number of nitrogens with one attached hydrogen (secondary N) is 2. The van der Waals surface area contributed by atoms with Gasteiger partial charge in [0.2, 0.25) is 0 Å². The third-order valence-corrected chi connectivity index (χ3v) is 6.59. The minimum atomic E-state index is -1.92. The normalized spacial score (nSPS) is 11.8. The third kappa shape index (κ3) is 8.65. The maximum atomic E-state index is 5.84. The molecule has 0 saturated heterocycles. The van der Waals surface area contributed by atoms with Crippen molar-refractivity contribution in [1.29, 1.82) is 0 Å². The molecular formula is C17H32N2O2Si. The lowest BCUT2D eigenvalue weighted by atomic mass is 10.2. The van der Waals surface area contributed by atoms with Gasteiger partial charge < -0.3 is 19.5 Å². The van der Waals surface area contributed by atoms with E-state index in [0.29, 0.717) is 0 Å². The van der Waals surface area contributed by atoms with Gasteiger partial charge in [-0.25, -0.2) is 0 Å². The Morgan fingerprint density at radius 3 is 2.18 bits per heavy atom. The van der Waals surface area contributed by atoms with E-state index in [1.165, 1.54) is 5.56 Å². The first-order chi connectivity index (χ1) is 10.7. The lowest BCUT2D eigenvalue weighted by molar-refractivity contribution is 0.188. The summed E-state index contributed by atoms with van der Waals surface area (Å²) in [4.78, 5) is 0. The van der Waals surface area contributed by atoms with Crippen LogP contribution in [0.3, 0.4) is 0 Å². The Hall–Kier alpha value is -0.723. The maximum Gasteiger partial charge on any atom is 0.334 e. The Balaban J connectivity index is 2.00. The maximum absolute atomic E-state index is 5.84. The highest BCUT2D eigenvalue weighted by atomic mass is 28.4. The van der Waals surface area contributed by atoms with Crippen LogP contribution < -0.4 is 10.6 Å². The van der Waals surface area contributed by atoms with Crippen LogP contribution >= 0.6 is 0 Å². The molecule has 0 amide bonds. The minimum Gasteiger partial charge on any atom is -0.395 e. The average Bonchev–Trinajstić information content (AvgIpc) is 2.51. The highest BCUT2D eigenvalue weighted by Crippen LogP contribution is 2.15. The van der Waals surface area contributed by atoms with E-state index in [9.17, 15) is 0 Å². The molecule has 0 heterocycles. The van der Waals surface area contributed by atoms with E-state index in [1.54, 1.807) is 0 Å². The van der Waals surface area contributed by atoms with Gasteiger partial charge in [-0.2, -0.15) is 0 Å². The highest BCUT2D eigenvalue weighted by molar-refractivity contribution is 6.66. The second-order valence-corrected chi connectivity index (χ2v) is 8.86. The molecule has 0 aliphatic heterocycles. The third-order valence-electron chi connectivity index (χ3n) is 3.53. The predicted octanol–water partition coefficient (Wildman–Crippen LogP) is 2.90. The van der Waals surface area contributed by atoms with Crippen LogP contribution in [0.1, 0.15) is 25.8 Å². The first-order valence-corrected chi connectivity index (χ1v) is 11.0. The van der Waals surface area contributed by atoms with Gasteiger partial charge in [-0.15, -0.1) is 0 Å². The van der Waals surface area contributed by atoms with E-state index >= 15 is 0 Å². The van der Waals surface area contributed by atoms with Gasteiger partial charge in [0.05, 0.1) is 0 Å². The van der Waals surface area contributed by atoms with Crippen molar-refractivity contribution in [3.63, 3.8) is 0 Å². The SMILES string of the molecule is CCO[Si](C)(CCCNCCNCc1ccccc1)OCC. The molecule has 0 spiro atoms.